The predicted molar refractivity (Wildman–Crippen MR) is 50.0 cm³/mol. The molecule has 0 amide bonds. The molecule has 0 aliphatic rings. The van der Waals surface area contributed by atoms with Crippen LogP contribution in [0.1, 0.15) is 6.42 Å². The highest BCUT2D eigenvalue weighted by Crippen LogP contribution is 1.85. The Balaban J connectivity index is 2.76. The number of hydrogen-bond donors (Lipinski definition) is 0. The third-order valence-electron chi connectivity index (χ3n) is 1.44. The Hall–Kier alpha value is -0.160. The van der Waals surface area contributed by atoms with E-state index in [1.165, 1.54) is 0 Å². The van der Waals surface area contributed by atoms with Gasteiger partial charge in [0.2, 0.25) is 0 Å². The molecule has 0 N–H and O–H groups in total. The largest absolute Gasteiger partial charge is 0.382 e. The molecule has 0 aliphatic carbocycles. The van der Waals surface area contributed by atoms with Crippen molar-refractivity contribution >= 4 is 0 Å². The van der Waals surface area contributed by atoms with Crippen LogP contribution in [0.25, 0.3) is 0 Å². The summed E-state index contributed by atoms with van der Waals surface area (Å²) in [6.45, 7) is 4.10. The summed E-state index contributed by atoms with van der Waals surface area (Å²) < 4.78 is 20.1. The average Bonchev–Trinajstić information content (AvgIpc) is 2.16. The molecule has 0 saturated carbocycles. The van der Waals surface area contributed by atoms with Crippen molar-refractivity contribution in [1.82, 2.24) is 0 Å². The molecule has 0 spiro atoms. The van der Waals surface area contributed by atoms with Crippen molar-refractivity contribution in [1.29, 1.82) is 0 Å². The first-order valence-corrected chi connectivity index (χ1v) is 4.55. The standard InChI is InChI=1S/C9H20O4/c1-10-6-8-12-4-3-5-13-9-7-11-2/h3-9H2,1-2H3. The molecule has 0 fully saturated rings. The fraction of sp³-hybridized carbons (Fsp3) is 1.00. The summed E-state index contributed by atoms with van der Waals surface area (Å²) >= 11 is 0. The van der Waals surface area contributed by atoms with E-state index in [1.807, 2.05) is 0 Å². The maximum absolute atomic E-state index is 5.24. The monoisotopic (exact) mass is 192 g/mol. The number of ether oxygens (including phenoxy) is 4. The van der Waals surface area contributed by atoms with Crippen molar-refractivity contribution in [2.45, 2.75) is 6.42 Å². The van der Waals surface area contributed by atoms with Crippen molar-refractivity contribution in [3.63, 3.8) is 0 Å². The first-order valence-electron chi connectivity index (χ1n) is 4.55. The molecular weight excluding hydrogens is 172 g/mol. The summed E-state index contributed by atoms with van der Waals surface area (Å²) in [5.74, 6) is 0. The van der Waals surface area contributed by atoms with Gasteiger partial charge in [-0.05, 0) is 6.42 Å². The fourth-order valence-corrected chi connectivity index (χ4v) is 0.752. The Morgan fingerprint density at radius 1 is 0.615 bits per heavy atom. The predicted octanol–water partition coefficient (Wildman–Crippen LogP) is 0.702. The molecule has 0 saturated heterocycles. The Labute approximate surface area is 80.1 Å². The molecule has 0 aromatic carbocycles. The maximum Gasteiger partial charge on any atom is 0.0700 e. The second-order valence-corrected chi connectivity index (χ2v) is 2.56. The van der Waals surface area contributed by atoms with E-state index in [0.717, 1.165) is 19.6 Å². The van der Waals surface area contributed by atoms with E-state index >= 15 is 0 Å². The van der Waals surface area contributed by atoms with Gasteiger partial charge in [-0.3, -0.25) is 0 Å². The van der Waals surface area contributed by atoms with Crippen LogP contribution in [0.4, 0.5) is 0 Å². The van der Waals surface area contributed by atoms with Gasteiger partial charge in [0.15, 0.2) is 0 Å². The molecule has 0 heterocycles. The van der Waals surface area contributed by atoms with E-state index in [-0.39, 0.29) is 0 Å². The van der Waals surface area contributed by atoms with Crippen molar-refractivity contribution in [3.05, 3.63) is 0 Å². The molecule has 13 heavy (non-hydrogen) atoms. The lowest BCUT2D eigenvalue weighted by Gasteiger charge is -2.04. The number of methoxy groups -OCH3 is 2. The van der Waals surface area contributed by atoms with E-state index in [4.69, 9.17) is 18.9 Å². The minimum atomic E-state index is 0.657. The first-order chi connectivity index (χ1) is 6.41. The second-order valence-electron chi connectivity index (χ2n) is 2.56. The van der Waals surface area contributed by atoms with Gasteiger partial charge >= 0.3 is 0 Å². The van der Waals surface area contributed by atoms with Gasteiger partial charge in [-0.25, -0.2) is 0 Å². The van der Waals surface area contributed by atoms with Gasteiger partial charge in [-0.1, -0.05) is 0 Å². The fourth-order valence-electron chi connectivity index (χ4n) is 0.752. The molecule has 0 aromatic heterocycles. The summed E-state index contributed by atoms with van der Waals surface area (Å²) in [6.07, 6.45) is 0.924. The molecular formula is C9H20O4. The zero-order valence-electron chi connectivity index (χ0n) is 8.58. The molecule has 0 rings (SSSR count). The molecule has 0 unspecified atom stereocenters. The molecule has 0 bridgehead atoms. The molecule has 4 heteroatoms. The summed E-state index contributed by atoms with van der Waals surface area (Å²) in [4.78, 5) is 0. The molecule has 0 aromatic rings. The zero-order chi connectivity index (χ0) is 9.78. The van der Waals surface area contributed by atoms with Crippen LogP contribution in [0.15, 0.2) is 0 Å². The number of hydrogen-bond acceptors (Lipinski definition) is 4. The van der Waals surface area contributed by atoms with Crippen LogP contribution < -0.4 is 0 Å². The Bertz CT molecular complexity index is 77.7. The van der Waals surface area contributed by atoms with E-state index in [1.54, 1.807) is 14.2 Å². The van der Waals surface area contributed by atoms with Crippen LogP contribution in [0.3, 0.4) is 0 Å². The average molecular weight is 192 g/mol. The van der Waals surface area contributed by atoms with Crippen LogP contribution in [-0.2, 0) is 18.9 Å². The smallest absolute Gasteiger partial charge is 0.0700 e. The Morgan fingerprint density at radius 3 is 1.46 bits per heavy atom. The van der Waals surface area contributed by atoms with Crippen LogP contribution >= 0.6 is 0 Å². The van der Waals surface area contributed by atoms with Crippen LogP contribution in [0.2, 0.25) is 0 Å². The van der Waals surface area contributed by atoms with Gasteiger partial charge in [0, 0.05) is 27.4 Å². The van der Waals surface area contributed by atoms with Crippen LogP contribution in [0.5, 0.6) is 0 Å². The molecule has 0 atom stereocenters. The summed E-state index contributed by atoms with van der Waals surface area (Å²) in [7, 11) is 3.33. The highest BCUT2D eigenvalue weighted by molar-refractivity contribution is 4.35. The zero-order valence-corrected chi connectivity index (χ0v) is 8.58. The van der Waals surface area contributed by atoms with E-state index < -0.39 is 0 Å². The lowest BCUT2D eigenvalue weighted by molar-refractivity contribution is 0.0378. The third kappa shape index (κ3) is 11.8. The van der Waals surface area contributed by atoms with Crippen molar-refractivity contribution < 1.29 is 18.9 Å². The quantitative estimate of drug-likeness (QED) is 0.477. The van der Waals surface area contributed by atoms with Crippen LogP contribution in [-0.4, -0.2) is 53.9 Å². The van der Waals surface area contributed by atoms with Gasteiger partial charge in [0.25, 0.3) is 0 Å². The lowest BCUT2D eigenvalue weighted by atomic mass is 10.5. The Kier molecular flexibility index (Phi) is 11.7. The minimum Gasteiger partial charge on any atom is -0.382 e. The third-order valence-corrected chi connectivity index (χ3v) is 1.44. The molecule has 0 radical (unpaired) electrons. The van der Waals surface area contributed by atoms with Crippen molar-refractivity contribution in [2.75, 3.05) is 53.9 Å². The topological polar surface area (TPSA) is 36.9 Å². The maximum atomic E-state index is 5.24. The molecule has 4 nitrogen and oxygen atoms in total. The number of rotatable bonds is 10. The minimum absolute atomic E-state index is 0.657. The van der Waals surface area contributed by atoms with E-state index in [9.17, 15) is 0 Å². The summed E-state index contributed by atoms with van der Waals surface area (Å²) in [5, 5.41) is 0. The van der Waals surface area contributed by atoms with Gasteiger partial charge in [-0.15, -0.1) is 0 Å². The summed E-state index contributed by atoms with van der Waals surface area (Å²) in [6, 6.07) is 0. The Morgan fingerprint density at radius 2 is 1.08 bits per heavy atom. The second kappa shape index (κ2) is 11.8. The van der Waals surface area contributed by atoms with Crippen LogP contribution in [0, 0.1) is 0 Å². The van der Waals surface area contributed by atoms with Gasteiger partial charge < -0.3 is 18.9 Å². The highest BCUT2D eigenvalue weighted by atomic mass is 16.5. The van der Waals surface area contributed by atoms with Gasteiger partial charge in [-0.2, -0.15) is 0 Å². The van der Waals surface area contributed by atoms with Crippen molar-refractivity contribution in [3.8, 4) is 0 Å². The van der Waals surface area contributed by atoms with E-state index in [2.05, 4.69) is 0 Å². The first kappa shape index (κ1) is 12.8. The lowest BCUT2D eigenvalue weighted by Crippen LogP contribution is -2.07. The van der Waals surface area contributed by atoms with Crippen molar-refractivity contribution in [2.24, 2.45) is 0 Å². The highest BCUT2D eigenvalue weighted by Gasteiger charge is 1.90. The van der Waals surface area contributed by atoms with Gasteiger partial charge in [0.1, 0.15) is 0 Å². The summed E-state index contributed by atoms with van der Waals surface area (Å²) in [5.41, 5.74) is 0. The molecule has 0 aliphatic heterocycles. The SMILES string of the molecule is COCCOCCCOCCOC. The molecule has 80 valence electrons. The normalized spacial score (nSPS) is 10.6. The van der Waals surface area contributed by atoms with Gasteiger partial charge in [0.05, 0.1) is 26.4 Å². The van der Waals surface area contributed by atoms with E-state index in [0.29, 0.717) is 26.4 Å².